The highest BCUT2D eigenvalue weighted by Crippen LogP contribution is 2.29. The van der Waals surface area contributed by atoms with Crippen LogP contribution < -0.4 is 15.5 Å². The summed E-state index contributed by atoms with van der Waals surface area (Å²) in [6, 6.07) is 9.61. The first kappa shape index (κ1) is 25.9. The summed E-state index contributed by atoms with van der Waals surface area (Å²) in [6.07, 6.45) is 3.00. The molecule has 0 bridgehead atoms. The molecule has 194 valence electrons. The molecule has 36 heavy (non-hydrogen) atoms. The quantitative estimate of drug-likeness (QED) is 0.419. The third-order valence-corrected chi connectivity index (χ3v) is 6.17. The van der Waals surface area contributed by atoms with Crippen molar-refractivity contribution in [1.29, 1.82) is 0 Å². The van der Waals surface area contributed by atoms with E-state index >= 15 is 0 Å². The third-order valence-electron chi connectivity index (χ3n) is 6.17. The molecule has 1 saturated heterocycles. The molecule has 0 atom stereocenters. The third kappa shape index (κ3) is 6.71. The molecule has 1 aliphatic heterocycles. The molecule has 1 aromatic carbocycles. The number of hydrogen-bond donors (Lipinski definition) is 2. The zero-order chi connectivity index (χ0) is 25.5. The van der Waals surface area contributed by atoms with E-state index in [2.05, 4.69) is 56.3 Å². The summed E-state index contributed by atoms with van der Waals surface area (Å²) in [7, 11) is 8.19. The Kier molecular flexibility index (Phi) is 8.74. The number of fused-ring (bicyclic) bond motifs is 1. The predicted molar refractivity (Wildman–Crippen MR) is 145 cm³/mol. The number of nitrogens with one attached hydrogen (secondary N) is 2. The van der Waals surface area contributed by atoms with Crippen LogP contribution in [0.5, 0.6) is 0 Å². The second-order valence-corrected chi connectivity index (χ2v) is 9.64. The van der Waals surface area contributed by atoms with Gasteiger partial charge in [-0.3, -0.25) is 0 Å². The molecule has 0 radical (unpaired) electrons. The van der Waals surface area contributed by atoms with Crippen LogP contribution in [0.4, 0.5) is 16.3 Å². The van der Waals surface area contributed by atoms with Crippen molar-refractivity contribution in [3.05, 3.63) is 36.5 Å². The Morgan fingerprint density at radius 3 is 2.42 bits per heavy atom. The van der Waals surface area contributed by atoms with Gasteiger partial charge in [-0.1, -0.05) is 0 Å². The van der Waals surface area contributed by atoms with Crippen molar-refractivity contribution in [2.75, 3.05) is 84.3 Å². The largest absolute Gasteiger partial charge is 0.378 e. The average molecular weight is 495 g/mol. The Bertz CT molecular complexity index is 1140. The van der Waals surface area contributed by atoms with Crippen LogP contribution in [-0.4, -0.2) is 104 Å². The topological polar surface area (TPSA) is 90.8 Å². The van der Waals surface area contributed by atoms with Crippen LogP contribution in [0.15, 0.2) is 36.5 Å². The summed E-state index contributed by atoms with van der Waals surface area (Å²) in [4.78, 5) is 28.7. The number of aromatic nitrogens is 3. The lowest BCUT2D eigenvalue weighted by Crippen LogP contribution is -2.37. The lowest BCUT2D eigenvalue weighted by molar-refractivity contribution is 0.122. The highest BCUT2D eigenvalue weighted by Gasteiger charge is 2.20. The summed E-state index contributed by atoms with van der Waals surface area (Å²) >= 11 is 0. The molecule has 10 nitrogen and oxygen atoms in total. The van der Waals surface area contributed by atoms with Gasteiger partial charge >= 0.3 is 6.03 Å². The van der Waals surface area contributed by atoms with Gasteiger partial charge in [0.15, 0.2) is 5.82 Å². The summed E-state index contributed by atoms with van der Waals surface area (Å²) < 4.78 is 7.76. The Balaban J connectivity index is 1.54. The number of anilines is 2. The van der Waals surface area contributed by atoms with Crippen molar-refractivity contribution >= 4 is 28.6 Å². The first-order valence-corrected chi connectivity index (χ1v) is 12.5. The van der Waals surface area contributed by atoms with Crippen molar-refractivity contribution in [2.24, 2.45) is 0 Å². The van der Waals surface area contributed by atoms with Crippen LogP contribution in [0.25, 0.3) is 22.4 Å². The molecule has 0 spiro atoms. The molecule has 2 amide bonds. The number of amides is 2. The van der Waals surface area contributed by atoms with E-state index in [9.17, 15) is 4.79 Å². The van der Waals surface area contributed by atoms with E-state index in [1.54, 1.807) is 0 Å². The normalized spacial score (nSPS) is 14.1. The van der Waals surface area contributed by atoms with Crippen LogP contribution in [0, 0.1) is 0 Å². The molecular formula is C26H38N8O2. The predicted octanol–water partition coefficient (Wildman–Crippen LogP) is 2.57. The maximum atomic E-state index is 12.2. The molecule has 1 fully saturated rings. The molecule has 3 heterocycles. The SMILES string of the molecule is CN(C)CCCNC(=O)Nc1ccc(-c2nc(N3CCOCC3)c3ccn(CCN(C)C)c3n2)cc1. The van der Waals surface area contributed by atoms with Crippen LogP contribution in [0.3, 0.4) is 0 Å². The Morgan fingerprint density at radius 1 is 1.00 bits per heavy atom. The van der Waals surface area contributed by atoms with Crippen LogP contribution in [0.1, 0.15) is 6.42 Å². The first-order chi connectivity index (χ1) is 17.4. The van der Waals surface area contributed by atoms with E-state index < -0.39 is 0 Å². The van der Waals surface area contributed by atoms with Gasteiger partial charge in [-0.2, -0.15) is 0 Å². The molecule has 4 rings (SSSR count). The van der Waals surface area contributed by atoms with Gasteiger partial charge < -0.3 is 34.6 Å². The lowest BCUT2D eigenvalue weighted by atomic mass is 10.2. The monoisotopic (exact) mass is 494 g/mol. The number of urea groups is 1. The number of nitrogens with zero attached hydrogens (tertiary/aromatic N) is 6. The highest BCUT2D eigenvalue weighted by molar-refractivity contribution is 5.91. The fourth-order valence-electron chi connectivity index (χ4n) is 4.16. The fourth-order valence-corrected chi connectivity index (χ4v) is 4.16. The van der Waals surface area contributed by atoms with Crippen molar-refractivity contribution in [3.63, 3.8) is 0 Å². The van der Waals surface area contributed by atoms with Crippen LogP contribution in [-0.2, 0) is 11.3 Å². The summed E-state index contributed by atoms with van der Waals surface area (Å²) in [5, 5.41) is 6.85. The number of carbonyl (C=O) groups excluding carboxylic acids is 1. The Morgan fingerprint density at radius 2 is 1.72 bits per heavy atom. The van der Waals surface area contributed by atoms with Gasteiger partial charge in [0, 0.05) is 50.2 Å². The standard InChI is InChI=1S/C26H38N8O2/c1-31(2)12-5-11-27-26(35)28-21-8-6-20(7-9-21)23-29-24-22(10-13-33(24)15-14-32(3)4)25(30-23)34-16-18-36-19-17-34/h6-10,13H,5,11-12,14-19H2,1-4H3,(H2,27,28,35). The van der Waals surface area contributed by atoms with Crippen molar-refractivity contribution < 1.29 is 9.53 Å². The summed E-state index contributed by atoms with van der Waals surface area (Å²) in [5.41, 5.74) is 2.57. The lowest BCUT2D eigenvalue weighted by Gasteiger charge is -2.28. The number of hydrogen-bond acceptors (Lipinski definition) is 7. The molecule has 0 aliphatic carbocycles. The molecule has 1 aliphatic rings. The minimum absolute atomic E-state index is 0.201. The van der Waals surface area contributed by atoms with E-state index in [0.29, 0.717) is 25.6 Å². The maximum Gasteiger partial charge on any atom is 0.319 e. The van der Waals surface area contributed by atoms with Gasteiger partial charge in [-0.05, 0) is 71.5 Å². The van der Waals surface area contributed by atoms with E-state index in [0.717, 1.165) is 67.2 Å². The first-order valence-electron chi connectivity index (χ1n) is 12.5. The van der Waals surface area contributed by atoms with Gasteiger partial charge in [0.05, 0.1) is 18.6 Å². The van der Waals surface area contributed by atoms with Crippen molar-refractivity contribution in [3.8, 4) is 11.4 Å². The van der Waals surface area contributed by atoms with Gasteiger partial charge in [-0.25, -0.2) is 14.8 Å². The fraction of sp³-hybridized carbons (Fsp3) is 0.500. The Labute approximate surface area is 213 Å². The van der Waals surface area contributed by atoms with Gasteiger partial charge in [0.2, 0.25) is 0 Å². The number of benzene rings is 1. The molecule has 0 saturated carbocycles. The Hall–Kier alpha value is -3.21. The summed E-state index contributed by atoms with van der Waals surface area (Å²) in [6.45, 7) is 6.34. The van der Waals surface area contributed by atoms with E-state index in [1.165, 1.54) is 0 Å². The van der Waals surface area contributed by atoms with Crippen molar-refractivity contribution in [1.82, 2.24) is 29.7 Å². The minimum Gasteiger partial charge on any atom is -0.378 e. The van der Waals surface area contributed by atoms with Gasteiger partial charge in [-0.15, -0.1) is 0 Å². The molecule has 2 N–H and O–H groups in total. The maximum absolute atomic E-state index is 12.2. The van der Waals surface area contributed by atoms with Gasteiger partial charge in [0.1, 0.15) is 11.5 Å². The number of carbonyl (C=O) groups is 1. The molecule has 3 aromatic rings. The number of ether oxygens (including phenoxy) is 1. The van der Waals surface area contributed by atoms with Crippen molar-refractivity contribution in [2.45, 2.75) is 13.0 Å². The number of morpholine rings is 1. The number of rotatable bonds is 10. The molecule has 2 aromatic heterocycles. The summed E-state index contributed by atoms with van der Waals surface area (Å²) in [5.74, 6) is 1.62. The molecular weight excluding hydrogens is 456 g/mol. The highest BCUT2D eigenvalue weighted by atomic mass is 16.5. The van der Waals surface area contributed by atoms with E-state index in [1.807, 2.05) is 38.4 Å². The second-order valence-electron chi connectivity index (χ2n) is 9.64. The minimum atomic E-state index is -0.201. The smallest absolute Gasteiger partial charge is 0.319 e. The van der Waals surface area contributed by atoms with Crippen LogP contribution >= 0.6 is 0 Å². The average Bonchev–Trinajstić information content (AvgIpc) is 3.28. The second kappa shape index (κ2) is 12.2. The van der Waals surface area contributed by atoms with E-state index in [-0.39, 0.29) is 6.03 Å². The van der Waals surface area contributed by atoms with Gasteiger partial charge in [0.25, 0.3) is 0 Å². The molecule has 0 unspecified atom stereocenters. The van der Waals surface area contributed by atoms with Crippen LogP contribution in [0.2, 0.25) is 0 Å². The zero-order valence-electron chi connectivity index (χ0n) is 21.8. The number of likely N-dealkylation sites (N-methyl/N-ethyl adjacent to an activating group) is 1. The van der Waals surface area contributed by atoms with E-state index in [4.69, 9.17) is 14.7 Å². The zero-order valence-corrected chi connectivity index (χ0v) is 21.8. The molecule has 10 heteroatoms.